The second-order valence-corrected chi connectivity index (χ2v) is 5.30. The Morgan fingerprint density at radius 2 is 2.00 bits per heavy atom. The predicted molar refractivity (Wildman–Crippen MR) is 67.7 cm³/mol. The molecular weight excluding hydrogens is 238 g/mol. The van der Waals surface area contributed by atoms with Crippen molar-refractivity contribution in [2.24, 2.45) is 0 Å². The summed E-state index contributed by atoms with van der Waals surface area (Å²) in [5, 5.41) is 3.07. The van der Waals surface area contributed by atoms with E-state index in [9.17, 15) is 4.79 Å². The summed E-state index contributed by atoms with van der Waals surface area (Å²) in [5.41, 5.74) is 1.59. The normalized spacial score (nSPS) is 24.0. The zero-order chi connectivity index (χ0) is 12.6. The van der Waals surface area contributed by atoms with Crippen LogP contribution in [0.2, 0.25) is 0 Å². The molecule has 1 aliphatic carbocycles. The van der Waals surface area contributed by atoms with Crippen LogP contribution in [0.3, 0.4) is 0 Å². The highest BCUT2D eigenvalue weighted by atomic mass is 35.5. The molecule has 1 aliphatic rings. The van der Waals surface area contributed by atoms with Crippen molar-refractivity contribution in [3.05, 3.63) is 22.6 Å². The predicted octanol–water partition coefficient (Wildman–Crippen LogP) is 3.09. The molecule has 17 heavy (non-hydrogen) atoms. The van der Waals surface area contributed by atoms with Crippen molar-refractivity contribution < 1.29 is 9.21 Å². The van der Waals surface area contributed by atoms with E-state index < -0.39 is 0 Å². The Bertz CT molecular complexity index is 439. The second kappa shape index (κ2) is 4.73. The van der Waals surface area contributed by atoms with Crippen molar-refractivity contribution in [1.82, 2.24) is 5.32 Å². The van der Waals surface area contributed by atoms with E-state index in [0.29, 0.717) is 11.3 Å². The van der Waals surface area contributed by atoms with E-state index in [1.807, 2.05) is 20.8 Å². The number of furan rings is 1. The van der Waals surface area contributed by atoms with E-state index in [0.717, 1.165) is 30.6 Å². The molecular formula is C13H18ClNO2. The monoisotopic (exact) mass is 255 g/mol. The van der Waals surface area contributed by atoms with Crippen LogP contribution in [0.1, 0.15) is 46.7 Å². The SMILES string of the molecule is Cc1oc(C)c(C(=O)NC2CCCC2Cl)c1C. The summed E-state index contributed by atoms with van der Waals surface area (Å²) in [6.07, 6.45) is 3.03. The van der Waals surface area contributed by atoms with Crippen molar-refractivity contribution >= 4 is 17.5 Å². The van der Waals surface area contributed by atoms with Gasteiger partial charge in [-0.3, -0.25) is 4.79 Å². The Balaban J connectivity index is 2.14. The number of nitrogens with one attached hydrogen (secondary N) is 1. The molecule has 0 aromatic carbocycles. The van der Waals surface area contributed by atoms with E-state index in [1.165, 1.54) is 0 Å². The molecule has 1 N–H and O–H groups in total. The molecule has 2 atom stereocenters. The van der Waals surface area contributed by atoms with Crippen LogP contribution in [0.25, 0.3) is 0 Å². The van der Waals surface area contributed by atoms with E-state index >= 15 is 0 Å². The van der Waals surface area contributed by atoms with Crippen LogP contribution < -0.4 is 5.32 Å². The first kappa shape index (κ1) is 12.5. The van der Waals surface area contributed by atoms with Crippen LogP contribution in [0.5, 0.6) is 0 Å². The van der Waals surface area contributed by atoms with Crippen molar-refractivity contribution in [3.63, 3.8) is 0 Å². The molecule has 1 fully saturated rings. The number of halogens is 1. The molecule has 0 aliphatic heterocycles. The lowest BCUT2D eigenvalue weighted by molar-refractivity contribution is 0.0936. The van der Waals surface area contributed by atoms with Crippen LogP contribution in [0, 0.1) is 20.8 Å². The van der Waals surface area contributed by atoms with Crippen molar-refractivity contribution in [3.8, 4) is 0 Å². The molecule has 0 bridgehead atoms. The molecule has 2 unspecified atom stereocenters. The van der Waals surface area contributed by atoms with Gasteiger partial charge in [0.25, 0.3) is 5.91 Å². The number of carbonyl (C=O) groups is 1. The average Bonchev–Trinajstić information content (AvgIpc) is 2.74. The third kappa shape index (κ3) is 2.34. The van der Waals surface area contributed by atoms with Crippen LogP contribution in [0.15, 0.2) is 4.42 Å². The van der Waals surface area contributed by atoms with Gasteiger partial charge in [0.15, 0.2) is 0 Å². The van der Waals surface area contributed by atoms with Crippen LogP contribution >= 0.6 is 11.6 Å². The van der Waals surface area contributed by atoms with E-state index in [4.69, 9.17) is 16.0 Å². The summed E-state index contributed by atoms with van der Waals surface area (Å²) in [5.74, 6) is 1.43. The van der Waals surface area contributed by atoms with Crippen LogP contribution in [-0.4, -0.2) is 17.3 Å². The Labute approximate surface area is 107 Å². The second-order valence-electron chi connectivity index (χ2n) is 4.74. The summed E-state index contributed by atoms with van der Waals surface area (Å²) in [7, 11) is 0. The summed E-state index contributed by atoms with van der Waals surface area (Å²) < 4.78 is 5.46. The number of hydrogen-bond donors (Lipinski definition) is 1. The summed E-state index contributed by atoms with van der Waals surface area (Å²) >= 11 is 6.16. The maximum atomic E-state index is 12.2. The van der Waals surface area contributed by atoms with E-state index in [2.05, 4.69) is 5.32 Å². The quantitative estimate of drug-likeness (QED) is 0.826. The minimum atomic E-state index is -0.0607. The Hall–Kier alpha value is -0.960. The highest BCUT2D eigenvalue weighted by Crippen LogP contribution is 2.26. The lowest BCUT2D eigenvalue weighted by Crippen LogP contribution is -2.38. The first-order chi connectivity index (χ1) is 8.00. The largest absolute Gasteiger partial charge is 0.466 e. The zero-order valence-electron chi connectivity index (χ0n) is 10.5. The summed E-state index contributed by atoms with van der Waals surface area (Å²) in [4.78, 5) is 12.2. The molecule has 4 heteroatoms. The van der Waals surface area contributed by atoms with Gasteiger partial charge in [0, 0.05) is 11.6 Å². The van der Waals surface area contributed by atoms with Gasteiger partial charge in [-0.25, -0.2) is 0 Å². The van der Waals surface area contributed by atoms with Gasteiger partial charge in [-0.15, -0.1) is 11.6 Å². The van der Waals surface area contributed by atoms with Gasteiger partial charge in [-0.05, 0) is 40.0 Å². The molecule has 3 nitrogen and oxygen atoms in total. The van der Waals surface area contributed by atoms with Gasteiger partial charge in [-0.1, -0.05) is 0 Å². The van der Waals surface area contributed by atoms with Crippen LogP contribution in [0.4, 0.5) is 0 Å². The van der Waals surface area contributed by atoms with Gasteiger partial charge in [-0.2, -0.15) is 0 Å². The molecule has 1 saturated carbocycles. The number of aryl methyl sites for hydroxylation is 2. The van der Waals surface area contributed by atoms with Gasteiger partial charge >= 0.3 is 0 Å². The van der Waals surface area contributed by atoms with Crippen molar-refractivity contribution in [2.75, 3.05) is 0 Å². The lowest BCUT2D eigenvalue weighted by atomic mass is 10.1. The number of rotatable bonds is 2. The minimum absolute atomic E-state index is 0.0607. The fourth-order valence-electron chi connectivity index (χ4n) is 2.45. The molecule has 1 aromatic heterocycles. The average molecular weight is 256 g/mol. The molecule has 0 spiro atoms. The third-order valence-electron chi connectivity index (χ3n) is 3.54. The zero-order valence-corrected chi connectivity index (χ0v) is 11.2. The number of carbonyl (C=O) groups excluding carboxylic acids is 1. The Morgan fingerprint density at radius 3 is 2.47 bits per heavy atom. The molecule has 2 rings (SSSR count). The summed E-state index contributed by atoms with van der Waals surface area (Å²) in [6.45, 7) is 5.61. The molecule has 0 radical (unpaired) electrons. The maximum Gasteiger partial charge on any atom is 0.255 e. The van der Waals surface area contributed by atoms with Crippen molar-refractivity contribution in [1.29, 1.82) is 0 Å². The summed E-state index contributed by atoms with van der Waals surface area (Å²) in [6, 6.07) is 0.0955. The first-order valence-corrected chi connectivity index (χ1v) is 6.46. The van der Waals surface area contributed by atoms with Crippen LogP contribution in [-0.2, 0) is 0 Å². The minimum Gasteiger partial charge on any atom is -0.466 e. The van der Waals surface area contributed by atoms with Gasteiger partial charge < -0.3 is 9.73 Å². The number of amides is 1. The molecule has 1 aromatic rings. The molecule has 1 heterocycles. The third-order valence-corrected chi connectivity index (χ3v) is 4.06. The molecule has 0 saturated heterocycles. The fourth-order valence-corrected chi connectivity index (χ4v) is 2.79. The smallest absolute Gasteiger partial charge is 0.255 e. The van der Waals surface area contributed by atoms with Gasteiger partial charge in [0.05, 0.1) is 10.9 Å². The standard InChI is InChI=1S/C13H18ClNO2/c1-7-8(2)17-9(3)12(7)13(16)15-11-6-4-5-10(11)14/h10-11H,4-6H2,1-3H3,(H,15,16). The lowest BCUT2D eigenvalue weighted by Gasteiger charge is -2.15. The van der Waals surface area contributed by atoms with E-state index in [1.54, 1.807) is 0 Å². The number of alkyl halides is 1. The van der Waals surface area contributed by atoms with Gasteiger partial charge in [0.1, 0.15) is 11.5 Å². The first-order valence-electron chi connectivity index (χ1n) is 6.02. The van der Waals surface area contributed by atoms with E-state index in [-0.39, 0.29) is 17.3 Å². The Kier molecular flexibility index (Phi) is 3.48. The highest BCUT2D eigenvalue weighted by Gasteiger charge is 2.28. The fraction of sp³-hybridized carbons (Fsp3) is 0.615. The maximum absolute atomic E-state index is 12.2. The van der Waals surface area contributed by atoms with Crippen molar-refractivity contribution in [2.45, 2.75) is 51.5 Å². The molecule has 94 valence electrons. The highest BCUT2D eigenvalue weighted by molar-refractivity contribution is 6.21. The molecule has 1 amide bonds. The Morgan fingerprint density at radius 1 is 1.29 bits per heavy atom. The number of hydrogen-bond acceptors (Lipinski definition) is 2. The van der Waals surface area contributed by atoms with Gasteiger partial charge in [0.2, 0.25) is 0 Å². The topological polar surface area (TPSA) is 42.2 Å².